The van der Waals surface area contributed by atoms with Gasteiger partial charge in [-0.05, 0) is 25.8 Å². The zero-order chi connectivity index (χ0) is 15.7. The van der Waals surface area contributed by atoms with Crippen LogP contribution in [0, 0.1) is 11.8 Å². The van der Waals surface area contributed by atoms with Crippen molar-refractivity contribution in [1.29, 1.82) is 0 Å². The fraction of sp³-hybridized carbons (Fsp3) is 0.529. The highest BCUT2D eigenvalue weighted by atomic mass is 16.2. The molecule has 1 atom stereocenters. The number of aliphatic hydroxyl groups excluding tert-OH is 1. The molecule has 1 amide bonds. The van der Waals surface area contributed by atoms with Crippen LogP contribution in [0.25, 0.3) is 0 Å². The quantitative estimate of drug-likeness (QED) is 0.818. The highest BCUT2D eigenvalue weighted by Gasteiger charge is 2.20. The van der Waals surface area contributed by atoms with Crippen molar-refractivity contribution in [2.45, 2.75) is 46.1 Å². The van der Waals surface area contributed by atoms with Gasteiger partial charge in [-0.15, -0.1) is 0 Å². The summed E-state index contributed by atoms with van der Waals surface area (Å²) >= 11 is 0. The Bertz CT molecular complexity index is 517. The first kappa shape index (κ1) is 17.2. The molecule has 1 aromatic rings. The fourth-order valence-corrected chi connectivity index (χ4v) is 2.00. The first-order valence-electron chi connectivity index (χ1n) is 7.49. The van der Waals surface area contributed by atoms with Crippen LogP contribution in [0.4, 0.5) is 0 Å². The molecular formula is C17H24N2O2. The van der Waals surface area contributed by atoms with Crippen molar-refractivity contribution in [2.75, 3.05) is 13.2 Å². The SMILES string of the molecule is CCCCN(C(=O)c1cncc(C#CCO)c1)C(C)CC. The van der Waals surface area contributed by atoms with Crippen molar-refractivity contribution in [1.82, 2.24) is 9.88 Å². The maximum Gasteiger partial charge on any atom is 0.255 e. The maximum absolute atomic E-state index is 12.7. The van der Waals surface area contributed by atoms with Gasteiger partial charge < -0.3 is 10.0 Å². The molecule has 1 aromatic heterocycles. The van der Waals surface area contributed by atoms with Crippen molar-refractivity contribution in [2.24, 2.45) is 0 Å². The molecule has 21 heavy (non-hydrogen) atoms. The summed E-state index contributed by atoms with van der Waals surface area (Å²) < 4.78 is 0. The van der Waals surface area contributed by atoms with Gasteiger partial charge in [-0.25, -0.2) is 0 Å². The molecule has 0 aliphatic heterocycles. The number of carbonyl (C=O) groups excluding carboxylic acids is 1. The lowest BCUT2D eigenvalue weighted by atomic mass is 10.1. The van der Waals surface area contributed by atoms with Crippen LogP contribution < -0.4 is 0 Å². The van der Waals surface area contributed by atoms with Crippen LogP contribution in [0.3, 0.4) is 0 Å². The van der Waals surface area contributed by atoms with E-state index in [9.17, 15) is 4.79 Å². The third kappa shape index (κ3) is 5.20. The van der Waals surface area contributed by atoms with Crippen LogP contribution in [0.15, 0.2) is 18.5 Å². The maximum atomic E-state index is 12.7. The molecule has 1 rings (SSSR count). The first-order chi connectivity index (χ1) is 10.1. The van der Waals surface area contributed by atoms with E-state index in [1.54, 1.807) is 18.5 Å². The zero-order valence-corrected chi connectivity index (χ0v) is 13.1. The Hall–Kier alpha value is -1.86. The number of pyridine rings is 1. The Morgan fingerprint density at radius 1 is 1.43 bits per heavy atom. The Kier molecular flexibility index (Phi) is 7.49. The van der Waals surface area contributed by atoms with Crippen LogP contribution in [0.2, 0.25) is 0 Å². The topological polar surface area (TPSA) is 53.4 Å². The molecule has 0 bridgehead atoms. The van der Waals surface area contributed by atoms with Crippen LogP contribution in [0.5, 0.6) is 0 Å². The van der Waals surface area contributed by atoms with E-state index in [4.69, 9.17) is 5.11 Å². The monoisotopic (exact) mass is 288 g/mol. The van der Waals surface area contributed by atoms with Crippen molar-refractivity contribution in [3.05, 3.63) is 29.6 Å². The molecule has 4 nitrogen and oxygen atoms in total. The lowest BCUT2D eigenvalue weighted by Gasteiger charge is -2.28. The first-order valence-corrected chi connectivity index (χ1v) is 7.49. The van der Waals surface area contributed by atoms with Crippen molar-refractivity contribution in [3.8, 4) is 11.8 Å². The number of aromatic nitrogens is 1. The van der Waals surface area contributed by atoms with Gasteiger partial charge in [0.2, 0.25) is 0 Å². The summed E-state index contributed by atoms with van der Waals surface area (Å²) in [4.78, 5) is 18.6. The molecule has 1 heterocycles. The summed E-state index contributed by atoms with van der Waals surface area (Å²) in [5, 5.41) is 8.73. The predicted molar refractivity (Wildman–Crippen MR) is 83.9 cm³/mol. The van der Waals surface area contributed by atoms with Gasteiger partial charge in [0, 0.05) is 30.5 Å². The summed E-state index contributed by atoms with van der Waals surface area (Å²) in [7, 11) is 0. The summed E-state index contributed by atoms with van der Waals surface area (Å²) in [5.74, 6) is 5.35. The summed E-state index contributed by atoms with van der Waals surface area (Å²) in [6, 6.07) is 1.94. The highest BCUT2D eigenvalue weighted by Crippen LogP contribution is 2.12. The van der Waals surface area contributed by atoms with Crippen molar-refractivity contribution in [3.63, 3.8) is 0 Å². The zero-order valence-electron chi connectivity index (χ0n) is 13.1. The molecule has 1 N–H and O–H groups in total. The average Bonchev–Trinajstić information content (AvgIpc) is 2.52. The molecule has 0 saturated heterocycles. The number of unbranched alkanes of at least 4 members (excludes halogenated alkanes) is 1. The normalized spacial score (nSPS) is 11.4. The molecule has 0 spiro atoms. The molecule has 114 valence electrons. The number of aliphatic hydroxyl groups is 1. The van der Waals surface area contributed by atoms with E-state index in [0.29, 0.717) is 11.1 Å². The number of rotatable bonds is 6. The minimum Gasteiger partial charge on any atom is -0.384 e. The average molecular weight is 288 g/mol. The van der Waals surface area contributed by atoms with E-state index in [1.165, 1.54) is 0 Å². The van der Waals surface area contributed by atoms with Crippen LogP contribution >= 0.6 is 0 Å². The van der Waals surface area contributed by atoms with Gasteiger partial charge in [-0.1, -0.05) is 32.1 Å². The lowest BCUT2D eigenvalue weighted by molar-refractivity contribution is 0.0685. The number of carbonyl (C=O) groups is 1. The van der Waals surface area contributed by atoms with E-state index < -0.39 is 0 Å². The van der Waals surface area contributed by atoms with Crippen LogP contribution in [-0.4, -0.2) is 40.1 Å². The molecule has 0 radical (unpaired) electrons. The Balaban J connectivity index is 2.97. The number of amides is 1. The standard InChI is InChI=1S/C17H24N2O2/c1-4-6-9-19(14(3)5-2)17(21)16-11-15(8-7-10-20)12-18-13-16/h11-14,20H,4-6,9-10H2,1-3H3. The largest absolute Gasteiger partial charge is 0.384 e. The molecule has 0 aliphatic carbocycles. The Morgan fingerprint density at radius 3 is 2.81 bits per heavy atom. The van der Waals surface area contributed by atoms with Gasteiger partial charge in [0.05, 0.1) is 5.56 Å². The molecule has 0 aromatic carbocycles. The van der Waals surface area contributed by atoms with Crippen LogP contribution in [0.1, 0.15) is 56.0 Å². The second-order valence-electron chi connectivity index (χ2n) is 5.03. The lowest BCUT2D eigenvalue weighted by Crippen LogP contribution is -2.39. The second kappa shape index (κ2) is 9.15. The molecule has 0 aliphatic rings. The number of hydrogen-bond acceptors (Lipinski definition) is 3. The van der Waals surface area contributed by atoms with E-state index in [0.717, 1.165) is 25.8 Å². The minimum atomic E-state index is -0.201. The summed E-state index contributed by atoms with van der Waals surface area (Å²) in [6.45, 7) is 6.82. The van der Waals surface area contributed by atoms with Gasteiger partial charge in [-0.2, -0.15) is 0 Å². The Labute approximate surface area is 127 Å². The summed E-state index contributed by atoms with van der Waals surface area (Å²) in [5.41, 5.74) is 1.20. The Morgan fingerprint density at radius 2 is 2.19 bits per heavy atom. The number of nitrogens with zero attached hydrogens (tertiary/aromatic N) is 2. The third-order valence-corrected chi connectivity index (χ3v) is 3.43. The van der Waals surface area contributed by atoms with Gasteiger partial charge in [0.25, 0.3) is 5.91 Å². The van der Waals surface area contributed by atoms with Crippen molar-refractivity contribution < 1.29 is 9.90 Å². The van der Waals surface area contributed by atoms with E-state index in [2.05, 4.69) is 37.6 Å². The van der Waals surface area contributed by atoms with Crippen molar-refractivity contribution >= 4 is 5.91 Å². The van der Waals surface area contributed by atoms with Gasteiger partial charge in [-0.3, -0.25) is 9.78 Å². The summed E-state index contributed by atoms with van der Waals surface area (Å²) in [6.07, 6.45) is 6.15. The van der Waals surface area contributed by atoms with E-state index >= 15 is 0 Å². The minimum absolute atomic E-state index is 0.00190. The van der Waals surface area contributed by atoms with E-state index in [-0.39, 0.29) is 18.6 Å². The third-order valence-electron chi connectivity index (χ3n) is 3.43. The molecule has 4 heteroatoms. The smallest absolute Gasteiger partial charge is 0.255 e. The number of hydrogen-bond donors (Lipinski definition) is 1. The molecular weight excluding hydrogens is 264 g/mol. The molecule has 1 unspecified atom stereocenters. The van der Waals surface area contributed by atoms with Gasteiger partial charge in [0.1, 0.15) is 6.61 Å². The predicted octanol–water partition coefficient (Wildman–Crippen LogP) is 2.47. The molecule has 0 saturated carbocycles. The highest BCUT2D eigenvalue weighted by molar-refractivity contribution is 5.94. The van der Waals surface area contributed by atoms with E-state index in [1.807, 2.05) is 4.90 Å². The van der Waals surface area contributed by atoms with Crippen LogP contribution in [-0.2, 0) is 0 Å². The fourth-order valence-electron chi connectivity index (χ4n) is 2.00. The molecule has 0 fully saturated rings. The second-order valence-corrected chi connectivity index (χ2v) is 5.03. The van der Waals surface area contributed by atoms with Gasteiger partial charge in [0.15, 0.2) is 0 Å². The van der Waals surface area contributed by atoms with Gasteiger partial charge >= 0.3 is 0 Å².